The summed E-state index contributed by atoms with van der Waals surface area (Å²) in [6, 6.07) is 12.0. The van der Waals surface area contributed by atoms with Crippen molar-refractivity contribution in [3.05, 3.63) is 48.5 Å². The molecule has 7 heteroatoms. The molecule has 1 amide bonds. The molecule has 0 aromatic heterocycles. The quantitative estimate of drug-likeness (QED) is 0.705. The number of phenols is 1. The van der Waals surface area contributed by atoms with Crippen molar-refractivity contribution >= 4 is 35.8 Å². The molecule has 0 saturated carbocycles. The molecule has 0 heterocycles. The number of carbonyl (C=O) groups excluding carboxylic acids is 1. The Kier molecular flexibility index (Phi) is 4.23. The minimum atomic E-state index is -5.12. The van der Waals surface area contributed by atoms with Crippen molar-refractivity contribution in [2.75, 3.05) is 4.90 Å². The second-order valence-corrected chi connectivity index (χ2v) is 7.77. The van der Waals surface area contributed by atoms with Crippen molar-refractivity contribution in [1.29, 1.82) is 0 Å². The van der Waals surface area contributed by atoms with Gasteiger partial charge in [-0.15, -0.1) is 0 Å². The summed E-state index contributed by atoms with van der Waals surface area (Å²) in [7, 11) is 0. The van der Waals surface area contributed by atoms with Crippen LogP contribution in [0.3, 0.4) is 0 Å². The third kappa shape index (κ3) is 3.36. The average molecular weight is 351 g/mol. The van der Waals surface area contributed by atoms with Gasteiger partial charge in [0.25, 0.3) is 0 Å². The van der Waals surface area contributed by atoms with Crippen LogP contribution in [0.4, 0.5) is 11.4 Å². The molecule has 0 aliphatic carbocycles. The van der Waals surface area contributed by atoms with E-state index in [0.717, 1.165) is 12.1 Å². The van der Waals surface area contributed by atoms with E-state index < -0.39 is 14.2 Å². The van der Waals surface area contributed by atoms with Crippen LogP contribution in [0.5, 0.6) is 5.75 Å². The third-order valence-electron chi connectivity index (χ3n) is 2.87. The predicted molar refractivity (Wildman–Crippen MR) is 77.9 cm³/mol. The van der Waals surface area contributed by atoms with Gasteiger partial charge in [0.2, 0.25) is 0 Å². The molecule has 0 atom stereocenters. The van der Waals surface area contributed by atoms with Crippen LogP contribution in [0.1, 0.15) is 6.92 Å². The van der Waals surface area contributed by atoms with E-state index in [1.165, 1.54) is 17.9 Å². The van der Waals surface area contributed by atoms with E-state index in [4.69, 9.17) is 0 Å². The number of para-hydroxylation sites is 1. The Morgan fingerprint density at radius 2 is 1.71 bits per heavy atom. The second kappa shape index (κ2) is 5.77. The minimum absolute atomic E-state index is 0.0379. The van der Waals surface area contributed by atoms with Crippen LogP contribution in [0.25, 0.3) is 0 Å². The summed E-state index contributed by atoms with van der Waals surface area (Å²) < 4.78 is 29.8. The number of carbonyl (C=O) groups is 1. The Labute approximate surface area is 124 Å². The van der Waals surface area contributed by atoms with Crippen molar-refractivity contribution in [3.8, 4) is 5.75 Å². The van der Waals surface area contributed by atoms with Gasteiger partial charge in [-0.1, -0.05) is 0 Å². The van der Waals surface area contributed by atoms with E-state index in [-0.39, 0.29) is 21.7 Å². The monoisotopic (exact) mass is 351 g/mol. The number of amides is 1. The molecule has 2 aromatic carbocycles. The third-order valence-corrected chi connectivity index (χ3v) is 4.86. The van der Waals surface area contributed by atoms with Gasteiger partial charge in [-0.2, -0.15) is 0 Å². The predicted octanol–water partition coefficient (Wildman–Crippen LogP) is 0.638. The molecule has 2 rings (SSSR count). The van der Waals surface area contributed by atoms with Gasteiger partial charge in [-0.25, -0.2) is 0 Å². The van der Waals surface area contributed by atoms with Gasteiger partial charge in [0.05, 0.1) is 0 Å². The Hall–Kier alpha value is -2.01. The Balaban J connectivity index is 2.61. The van der Waals surface area contributed by atoms with Gasteiger partial charge >= 0.3 is 124 Å². The number of nitrogens with zero attached hydrogens (tertiary/aromatic N) is 1. The number of anilines is 2. The summed E-state index contributed by atoms with van der Waals surface area (Å²) in [5.74, 6) is -0.617. The standard InChI is InChI=1S/C14H14AsNO5/c1-10(17)16(12-5-3-2-4-6-12)13-9-11(15(19,20)21)7-8-14(13)18/h2-9,18H,1H3,(H2,19,20,21). The first-order valence-electron chi connectivity index (χ1n) is 6.05. The first kappa shape index (κ1) is 15.4. The van der Waals surface area contributed by atoms with Crippen molar-refractivity contribution in [3.63, 3.8) is 0 Å². The van der Waals surface area contributed by atoms with Crippen molar-refractivity contribution in [1.82, 2.24) is 0 Å². The van der Waals surface area contributed by atoms with Gasteiger partial charge in [0.15, 0.2) is 0 Å². The zero-order chi connectivity index (χ0) is 15.6. The number of benzene rings is 2. The molecule has 110 valence electrons. The Morgan fingerprint density at radius 3 is 2.24 bits per heavy atom. The van der Waals surface area contributed by atoms with E-state index in [2.05, 4.69) is 0 Å². The SMILES string of the molecule is CC(=O)N(c1ccccc1)c1cc([As](=O)(O)O)ccc1O. The fraction of sp³-hybridized carbons (Fsp3) is 0.0714. The van der Waals surface area contributed by atoms with Crippen molar-refractivity contribution < 1.29 is 21.8 Å². The number of phenolic OH excluding ortho intramolecular Hbond substituents is 1. The van der Waals surface area contributed by atoms with Crippen LogP contribution >= 0.6 is 0 Å². The van der Waals surface area contributed by atoms with Crippen LogP contribution in [0, 0.1) is 0 Å². The molecule has 21 heavy (non-hydrogen) atoms. The molecular weight excluding hydrogens is 337 g/mol. The van der Waals surface area contributed by atoms with Crippen LogP contribution in [-0.2, 0) is 8.53 Å². The first-order chi connectivity index (χ1) is 9.80. The number of rotatable bonds is 3. The average Bonchev–Trinajstić information content (AvgIpc) is 2.40. The molecule has 2 aromatic rings. The molecule has 0 radical (unpaired) electrons. The topological polar surface area (TPSA) is 98.1 Å². The van der Waals surface area contributed by atoms with E-state index in [9.17, 15) is 21.8 Å². The zero-order valence-electron chi connectivity index (χ0n) is 11.2. The van der Waals surface area contributed by atoms with Gasteiger partial charge in [-0.3, -0.25) is 0 Å². The molecular formula is C14H14AsNO5. The summed E-state index contributed by atoms with van der Waals surface area (Å²) in [6.07, 6.45) is 0. The van der Waals surface area contributed by atoms with Crippen LogP contribution in [-0.4, -0.2) is 33.4 Å². The Bertz CT molecular complexity index is 711. The first-order valence-corrected chi connectivity index (χ1v) is 9.44. The molecule has 0 aliphatic heterocycles. The maximum absolute atomic E-state index is 11.9. The molecule has 0 unspecified atom stereocenters. The van der Waals surface area contributed by atoms with E-state index in [0.29, 0.717) is 5.69 Å². The van der Waals surface area contributed by atoms with Gasteiger partial charge in [-0.05, 0) is 0 Å². The van der Waals surface area contributed by atoms with Crippen LogP contribution in [0.2, 0.25) is 0 Å². The van der Waals surface area contributed by atoms with E-state index >= 15 is 0 Å². The van der Waals surface area contributed by atoms with Gasteiger partial charge in [0, 0.05) is 0 Å². The Morgan fingerprint density at radius 1 is 1.10 bits per heavy atom. The summed E-state index contributed by atoms with van der Waals surface area (Å²) in [5.41, 5.74) is 0.534. The number of aromatic hydroxyl groups is 1. The molecule has 0 aliphatic rings. The molecule has 0 bridgehead atoms. The van der Waals surface area contributed by atoms with Crippen molar-refractivity contribution in [2.24, 2.45) is 0 Å². The molecule has 3 N–H and O–H groups in total. The molecule has 0 spiro atoms. The summed E-state index contributed by atoms with van der Waals surface area (Å²) in [5, 5.41) is 9.94. The number of hydrogen-bond donors (Lipinski definition) is 3. The van der Waals surface area contributed by atoms with Crippen LogP contribution < -0.4 is 9.25 Å². The molecule has 0 fully saturated rings. The maximum atomic E-state index is 11.9. The number of hydrogen-bond acceptors (Lipinski definition) is 3. The van der Waals surface area contributed by atoms with Gasteiger partial charge in [0.1, 0.15) is 0 Å². The van der Waals surface area contributed by atoms with Crippen molar-refractivity contribution in [2.45, 2.75) is 6.92 Å². The normalized spacial score (nSPS) is 11.2. The van der Waals surface area contributed by atoms with Crippen LogP contribution in [0.15, 0.2) is 48.5 Å². The van der Waals surface area contributed by atoms with E-state index in [1.807, 2.05) is 0 Å². The summed E-state index contributed by atoms with van der Waals surface area (Å²) >= 11 is -5.12. The second-order valence-electron chi connectivity index (χ2n) is 4.41. The fourth-order valence-electron chi connectivity index (χ4n) is 1.94. The molecule has 0 saturated heterocycles. The van der Waals surface area contributed by atoms with E-state index in [1.54, 1.807) is 30.3 Å². The fourth-order valence-corrected chi connectivity index (χ4v) is 3.11. The van der Waals surface area contributed by atoms with Gasteiger partial charge < -0.3 is 0 Å². The summed E-state index contributed by atoms with van der Waals surface area (Å²) in [4.78, 5) is 13.1. The molecule has 6 nitrogen and oxygen atoms in total. The summed E-state index contributed by atoms with van der Waals surface area (Å²) in [6.45, 7) is 1.31. The zero-order valence-corrected chi connectivity index (χ0v) is 13.0.